The lowest BCUT2D eigenvalue weighted by Crippen LogP contribution is -2.02. The standard InChI is InChI=1S/C20H25FO2S/c1-7-17(20(22)23)14(4)19(21)11-9-12(2)8-10-18-13(3)15(5)24-16(18)6/h8-11H,7H2,1-6H3,(H,22,23). The molecule has 1 heterocycles. The molecule has 1 rings (SSSR count). The lowest BCUT2D eigenvalue weighted by molar-refractivity contribution is -0.132. The average molecular weight is 348 g/mol. The Kier molecular flexibility index (Phi) is 7.36. The van der Waals surface area contributed by atoms with Crippen LogP contribution in [0, 0.1) is 20.8 Å². The zero-order chi connectivity index (χ0) is 18.4. The molecule has 0 aromatic carbocycles. The molecule has 1 aromatic heterocycles. The van der Waals surface area contributed by atoms with E-state index in [1.54, 1.807) is 24.3 Å². The van der Waals surface area contributed by atoms with Crippen LogP contribution in [-0.4, -0.2) is 11.1 Å². The van der Waals surface area contributed by atoms with Crippen LogP contribution < -0.4 is 0 Å². The molecule has 0 bridgehead atoms. The molecule has 1 N–H and O–H groups in total. The van der Waals surface area contributed by atoms with Crippen molar-refractivity contribution in [3.05, 3.63) is 61.7 Å². The van der Waals surface area contributed by atoms with Crippen molar-refractivity contribution in [2.24, 2.45) is 0 Å². The fourth-order valence-electron chi connectivity index (χ4n) is 2.38. The number of halogens is 1. The van der Waals surface area contributed by atoms with Gasteiger partial charge in [0, 0.05) is 15.3 Å². The van der Waals surface area contributed by atoms with E-state index in [4.69, 9.17) is 5.11 Å². The van der Waals surface area contributed by atoms with Gasteiger partial charge in [-0.25, -0.2) is 9.18 Å². The van der Waals surface area contributed by atoms with Gasteiger partial charge in [-0.2, -0.15) is 0 Å². The molecule has 0 atom stereocenters. The summed E-state index contributed by atoms with van der Waals surface area (Å²) in [6.07, 6.45) is 7.27. The van der Waals surface area contributed by atoms with Gasteiger partial charge < -0.3 is 5.11 Å². The van der Waals surface area contributed by atoms with Crippen LogP contribution in [-0.2, 0) is 4.79 Å². The quantitative estimate of drug-likeness (QED) is 0.484. The van der Waals surface area contributed by atoms with Crippen LogP contribution in [0.15, 0.2) is 40.8 Å². The van der Waals surface area contributed by atoms with Crippen molar-refractivity contribution >= 4 is 23.4 Å². The number of carbonyl (C=O) groups is 1. The molecule has 0 unspecified atom stereocenters. The minimum atomic E-state index is -1.07. The largest absolute Gasteiger partial charge is 0.478 e. The van der Waals surface area contributed by atoms with Crippen LogP contribution in [0.2, 0.25) is 0 Å². The first-order valence-corrected chi connectivity index (χ1v) is 8.72. The number of aliphatic carboxylic acids is 1. The van der Waals surface area contributed by atoms with Gasteiger partial charge in [0.2, 0.25) is 0 Å². The van der Waals surface area contributed by atoms with Gasteiger partial charge in [0.15, 0.2) is 0 Å². The highest BCUT2D eigenvalue weighted by molar-refractivity contribution is 7.12. The number of hydrogen-bond donors (Lipinski definition) is 1. The van der Waals surface area contributed by atoms with Crippen molar-refractivity contribution < 1.29 is 14.3 Å². The van der Waals surface area contributed by atoms with E-state index in [0.717, 1.165) is 5.57 Å². The normalized spacial score (nSPS) is 14.3. The molecule has 2 nitrogen and oxygen atoms in total. The lowest BCUT2D eigenvalue weighted by Gasteiger charge is -2.03. The third-order valence-electron chi connectivity index (χ3n) is 4.05. The summed E-state index contributed by atoms with van der Waals surface area (Å²) in [5.74, 6) is -1.58. The summed E-state index contributed by atoms with van der Waals surface area (Å²) in [7, 11) is 0. The summed E-state index contributed by atoms with van der Waals surface area (Å²) >= 11 is 1.77. The number of thiophene rings is 1. The maximum atomic E-state index is 14.1. The van der Waals surface area contributed by atoms with E-state index < -0.39 is 11.8 Å². The molecule has 0 aliphatic heterocycles. The smallest absolute Gasteiger partial charge is 0.331 e. The Morgan fingerprint density at radius 1 is 1.17 bits per heavy atom. The summed E-state index contributed by atoms with van der Waals surface area (Å²) in [4.78, 5) is 13.6. The minimum Gasteiger partial charge on any atom is -0.478 e. The molecule has 0 aliphatic carbocycles. The number of aryl methyl sites for hydroxylation is 2. The van der Waals surface area contributed by atoms with Crippen molar-refractivity contribution in [2.45, 2.75) is 48.0 Å². The molecular weight excluding hydrogens is 323 g/mol. The first-order chi connectivity index (χ1) is 11.2. The van der Waals surface area contributed by atoms with Crippen molar-refractivity contribution in [3.8, 4) is 0 Å². The second-order valence-electron chi connectivity index (χ2n) is 5.77. The molecule has 0 saturated carbocycles. The van der Waals surface area contributed by atoms with Crippen molar-refractivity contribution in [1.29, 1.82) is 0 Å². The van der Waals surface area contributed by atoms with E-state index in [0.29, 0.717) is 6.42 Å². The molecule has 0 amide bonds. The third-order valence-corrected chi connectivity index (χ3v) is 5.18. The Bertz CT molecular complexity index is 746. The SMILES string of the molecule is CCC(C(=O)O)=C(C)C(F)=CC=C(C)C=Cc1c(C)sc(C)c1C. The van der Waals surface area contributed by atoms with E-state index in [2.05, 4.69) is 20.8 Å². The number of rotatable bonds is 6. The summed E-state index contributed by atoms with van der Waals surface area (Å²) in [5, 5.41) is 9.06. The molecule has 0 fully saturated rings. The van der Waals surface area contributed by atoms with Crippen molar-refractivity contribution in [3.63, 3.8) is 0 Å². The maximum Gasteiger partial charge on any atom is 0.331 e. The van der Waals surface area contributed by atoms with Gasteiger partial charge in [-0.15, -0.1) is 11.3 Å². The van der Waals surface area contributed by atoms with Gasteiger partial charge in [-0.3, -0.25) is 0 Å². The molecule has 1 aromatic rings. The summed E-state index contributed by atoms with van der Waals surface area (Å²) in [6.45, 7) is 11.4. The second-order valence-corrected chi connectivity index (χ2v) is 7.20. The van der Waals surface area contributed by atoms with E-state index in [9.17, 15) is 9.18 Å². The average Bonchev–Trinajstić information content (AvgIpc) is 2.75. The highest BCUT2D eigenvalue weighted by Gasteiger charge is 2.11. The third kappa shape index (κ3) is 5.03. The molecule has 24 heavy (non-hydrogen) atoms. The Balaban J connectivity index is 3.01. The fourth-order valence-corrected chi connectivity index (χ4v) is 3.43. The molecule has 130 valence electrons. The van der Waals surface area contributed by atoms with Crippen molar-refractivity contribution in [1.82, 2.24) is 0 Å². The first-order valence-electron chi connectivity index (χ1n) is 7.91. The Labute approximate surface area is 147 Å². The van der Waals surface area contributed by atoms with Gasteiger partial charge in [-0.1, -0.05) is 30.7 Å². The molecular formula is C20H25FO2S. The highest BCUT2D eigenvalue weighted by atomic mass is 32.1. The molecule has 0 radical (unpaired) electrons. The Morgan fingerprint density at radius 2 is 1.79 bits per heavy atom. The maximum absolute atomic E-state index is 14.1. The fraction of sp³-hybridized carbons (Fsp3) is 0.350. The monoisotopic (exact) mass is 348 g/mol. The molecule has 4 heteroatoms. The highest BCUT2D eigenvalue weighted by Crippen LogP contribution is 2.28. The van der Waals surface area contributed by atoms with Crippen LogP contribution in [0.4, 0.5) is 4.39 Å². The molecule has 0 spiro atoms. The van der Waals surface area contributed by atoms with Crippen LogP contribution >= 0.6 is 11.3 Å². The number of carboxylic acid groups (broad SMARTS) is 1. The molecule has 0 saturated heterocycles. The van der Waals surface area contributed by atoms with Gasteiger partial charge in [-0.05, 0) is 63.8 Å². The predicted molar refractivity (Wildman–Crippen MR) is 101 cm³/mol. The Morgan fingerprint density at radius 3 is 2.25 bits per heavy atom. The van der Waals surface area contributed by atoms with Gasteiger partial charge in [0.25, 0.3) is 0 Å². The Hall–Kier alpha value is -1.94. The van der Waals surface area contributed by atoms with Gasteiger partial charge in [0.05, 0.1) is 0 Å². The van der Waals surface area contributed by atoms with E-state index in [1.165, 1.54) is 33.9 Å². The van der Waals surface area contributed by atoms with Crippen LogP contribution in [0.3, 0.4) is 0 Å². The van der Waals surface area contributed by atoms with Gasteiger partial charge in [0.1, 0.15) is 5.83 Å². The summed E-state index contributed by atoms with van der Waals surface area (Å²) < 4.78 is 14.1. The zero-order valence-corrected chi connectivity index (χ0v) is 16.0. The van der Waals surface area contributed by atoms with E-state index in [-0.39, 0.29) is 11.1 Å². The van der Waals surface area contributed by atoms with E-state index >= 15 is 0 Å². The van der Waals surface area contributed by atoms with Crippen LogP contribution in [0.1, 0.15) is 48.1 Å². The second kappa shape index (κ2) is 8.78. The summed E-state index contributed by atoms with van der Waals surface area (Å²) in [6, 6.07) is 0. The zero-order valence-electron chi connectivity index (χ0n) is 15.2. The minimum absolute atomic E-state index is 0.102. The number of allylic oxidation sites excluding steroid dienone is 6. The molecule has 0 aliphatic rings. The predicted octanol–water partition coefficient (Wildman–Crippen LogP) is 6.30. The summed E-state index contributed by atoms with van der Waals surface area (Å²) in [5.41, 5.74) is 3.67. The topological polar surface area (TPSA) is 37.3 Å². The number of carboxylic acids is 1. The van der Waals surface area contributed by atoms with Crippen LogP contribution in [0.25, 0.3) is 6.08 Å². The van der Waals surface area contributed by atoms with Gasteiger partial charge >= 0.3 is 5.97 Å². The number of hydrogen-bond acceptors (Lipinski definition) is 2. The van der Waals surface area contributed by atoms with Crippen molar-refractivity contribution in [2.75, 3.05) is 0 Å². The first kappa shape index (κ1) is 20.1. The van der Waals surface area contributed by atoms with Crippen LogP contribution in [0.5, 0.6) is 0 Å². The lowest BCUT2D eigenvalue weighted by atomic mass is 10.1. The van der Waals surface area contributed by atoms with E-state index in [1.807, 2.05) is 19.1 Å².